The van der Waals surface area contributed by atoms with E-state index in [9.17, 15) is 14.4 Å². The number of alkyl carbamates (subject to hydrolysis) is 1. The number of nitrogens with one attached hydrogen (secondary N) is 2. The molecular weight excluding hydrogens is 450 g/mol. The molecule has 2 N–H and O–H groups in total. The van der Waals surface area contributed by atoms with Crippen molar-refractivity contribution in [2.45, 2.75) is 97.5 Å². The maximum absolute atomic E-state index is 14.0. The minimum atomic E-state index is -0.833. The minimum Gasteiger partial charge on any atom is -0.444 e. The maximum atomic E-state index is 14.0. The Morgan fingerprint density at radius 3 is 2.12 bits per heavy atom. The van der Waals surface area contributed by atoms with Gasteiger partial charge in [0, 0.05) is 11.6 Å². The lowest BCUT2D eigenvalue weighted by atomic mass is 9.98. The summed E-state index contributed by atoms with van der Waals surface area (Å²) in [4.78, 5) is 41.7. The number of hydrogen-bond acceptors (Lipinski definition) is 5. The van der Waals surface area contributed by atoms with Gasteiger partial charge in [-0.05, 0) is 78.9 Å². The number of thioether (sulfide) groups is 1. The van der Waals surface area contributed by atoms with Crippen molar-refractivity contribution in [2.24, 2.45) is 0 Å². The molecular formula is C26H43N3O4S. The summed E-state index contributed by atoms with van der Waals surface area (Å²) in [6.07, 6.45) is 2.38. The van der Waals surface area contributed by atoms with Crippen molar-refractivity contribution in [1.29, 1.82) is 0 Å². The van der Waals surface area contributed by atoms with E-state index in [1.54, 1.807) is 37.4 Å². The van der Waals surface area contributed by atoms with Crippen molar-refractivity contribution in [1.82, 2.24) is 15.5 Å². The second-order valence-electron chi connectivity index (χ2n) is 10.5. The number of benzene rings is 1. The van der Waals surface area contributed by atoms with Crippen LogP contribution in [0.3, 0.4) is 0 Å². The molecule has 3 amide bonds. The Hall–Kier alpha value is -2.22. The molecule has 192 valence electrons. The van der Waals surface area contributed by atoms with Gasteiger partial charge in [0.1, 0.15) is 17.7 Å². The molecule has 0 saturated heterocycles. The number of rotatable bonds is 10. The number of ether oxygens (including phenoxy) is 1. The molecule has 0 heterocycles. The fourth-order valence-corrected chi connectivity index (χ4v) is 3.90. The summed E-state index contributed by atoms with van der Waals surface area (Å²) in [5.74, 6) is 0.116. The third kappa shape index (κ3) is 9.95. The number of nitrogens with zero attached hydrogens (tertiary/aromatic N) is 1. The zero-order chi connectivity index (χ0) is 26.1. The Morgan fingerprint density at radius 1 is 1.06 bits per heavy atom. The van der Waals surface area contributed by atoms with Gasteiger partial charge in [0.15, 0.2) is 0 Å². The van der Waals surface area contributed by atoms with Gasteiger partial charge in [0.05, 0.1) is 0 Å². The Balaban J connectivity index is 3.46. The summed E-state index contributed by atoms with van der Waals surface area (Å²) in [5.41, 5.74) is -0.438. The van der Waals surface area contributed by atoms with E-state index >= 15 is 0 Å². The van der Waals surface area contributed by atoms with Gasteiger partial charge in [-0.2, -0.15) is 11.8 Å². The highest BCUT2D eigenvalue weighted by Gasteiger charge is 2.39. The van der Waals surface area contributed by atoms with E-state index in [0.29, 0.717) is 18.6 Å². The summed E-state index contributed by atoms with van der Waals surface area (Å²) >= 11 is 1.59. The molecule has 1 aromatic carbocycles. The summed E-state index contributed by atoms with van der Waals surface area (Å²) in [7, 11) is 0. The molecule has 7 nitrogen and oxygen atoms in total. The first kappa shape index (κ1) is 29.8. The number of carbonyl (C=O) groups excluding carboxylic acids is 3. The lowest BCUT2D eigenvalue weighted by molar-refractivity contribution is -0.145. The molecule has 8 heteroatoms. The Kier molecular flexibility index (Phi) is 11.4. The monoisotopic (exact) mass is 493 g/mol. The van der Waals surface area contributed by atoms with Crippen LogP contribution in [-0.4, -0.2) is 58.0 Å². The van der Waals surface area contributed by atoms with Crippen molar-refractivity contribution in [2.75, 3.05) is 12.0 Å². The number of amides is 3. The third-order valence-electron chi connectivity index (χ3n) is 5.06. The quantitative estimate of drug-likeness (QED) is 0.483. The van der Waals surface area contributed by atoms with E-state index in [2.05, 4.69) is 10.6 Å². The second kappa shape index (κ2) is 13.0. The molecule has 0 bridgehead atoms. The first-order valence-electron chi connectivity index (χ1n) is 11.9. The van der Waals surface area contributed by atoms with Gasteiger partial charge in [-0.25, -0.2) is 4.79 Å². The van der Waals surface area contributed by atoms with E-state index in [0.717, 1.165) is 5.56 Å². The van der Waals surface area contributed by atoms with E-state index in [1.165, 1.54) is 0 Å². The lowest BCUT2D eigenvalue weighted by Gasteiger charge is -2.39. The third-order valence-corrected chi connectivity index (χ3v) is 5.70. The first-order valence-corrected chi connectivity index (χ1v) is 13.3. The maximum Gasteiger partial charge on any atom is 0.408 e. The molecule has 0 saturated carbocycles. The molecule has 0 aliphatic heterocycles. The number of carbonyl (C=O) groups is 3. The van der Waals surface area contributed by atoms with Crippen LogP contribution in [0.1, 0.15) is 79.8 Å². The van der Waals surface area contributed by atoms with Gasteiger partial charge in [-0.1, -0.05) is 37.3 Å². The Bertz CT molecular complexity index is 803. The van der Waals surface area contributed by atoms with Gasteiger partial charge in [0.25, 0.3) is 0 Å². The minimum absolute atomic E-state index is 0.236. The molecule has 3 unspecified atom stereocenters. The highest BCUT2D eigenvalue weighted by atomic mass is 32.2. The zero-order valence-corrected chi connectivity index (χ0v) is 23.0. The zero-order valence-electron chi connectivity index (χ0n) is 22.2. The average molecular weight is 494 g/mol. The summed E-state index contributed by atoms with van der Waals surface area (Å²) in [5, 5.41) is 5.80. The Morgan fingerprint density at radius 2 is 1.65 bits per heavy atom. The van der Waals surface area contributed by atoms with Gasteiger partial charge in [-0.15, -0.1) is 0 Å². The normalized spacial score (nSPS) is 14.5. The van der Waals surface area contributed by atoms with Crippen LogP contribution in [0.4, 0.5) is 4.79 Å². The smallest absolute Gasteiger partial charge is 0.408 e. The molecule has 0 fully saturated rings. The van der Waals surface area contributed by atoms with E-state index in [4.69, 9.17) is 4.74 Å². The first-order chi connectivity index (χ1) is 15.7. The van der Waals surface area contributed by atoms with Crippen LogP contribution >= 0.6 is 11.8 Å². The highest BCUT2D eigenvalue weighted by molar-refractivity contribution is 7.98. The van der Waals surface area contributed by atoms with E-state index < -0.39 is 29.3 Å². The van der Waals surface area contributed by atoms with Crippen LogP contribution in [0.15, 0.2) is 30.3 Å². The SMILES string of the molecule is CCC(C)N(C(=O)C(CCSC)NC(=O)OC(C)(C)C)C(C(=O)NC(C)(C)C)c1ccccc1. The van der Waals surface area contributed by atoms with Crippen LogP contribution in [0.25, 0.3) is 0 Å². The summed E-state index contributed by atoms with van der Waals surface area (Å²) in [6, 6.07) is 7.42. The van der Waals surface area contributed by atoms with E-state index in [-0.39, 0.29) is 17.9 Å². The lowest BCUT2D eigenvalue weighted by Crippen LogP contribution is -2.57. The second-order valence-corrected chi connectivity index (χ2v) is 11.5. The van der Waals surface area contributed by atoms with Gasteiger partial charge in [0.2, 0.25) is 11.8 Å². The molecule has 0 radical (unpaired) electrons. The predicted molar refractivity (Wildman–Crippen MR) is 140 cm³/mol. The van der Waals surface area contributed by atoms with Crippen LogP contribution in [0.2, 0.25) is 0 Å². The molecule has 1 aromatic rings. The van der Waals surface area contributed by atoms with Crippen LogP contribution in [0.5, 0.6) is 0 Å². The van der Waals surface area contributed by atoms with Gasteiger partial charge >= 0.3 is 6.09 Å². The molecule has 0 aliphatic carbocycles. The molecule has 0 aliphatic rings. The van der Waals surface area contributed by atoms with Crippen molar-refractivity contribution >= 4 is 29.7 Å². The van der Waals surface area contributed by atoms with Gasteiger partial charge in [-0.3, -0.25) is 9.59 Å². The fraction of sp³-hybridized carbons (Fsp3) is 0.654. The van der Waals surface area contributed by atoms with Crippen molar-refractivity contribution < 1.29 is 19.1 Å². The van der Waals surface area contributed by atoms with Crippen LogP contribution in [0, 0.1) is 0 Å². The molecule has 3 atom stereocenters. The van der Waals surface area contributed by atoms with Crippen molar-refractivity contribution in [3.63, 3.8) is 0 Å². The molecule has 0 aromatic heterocycles. The number of hydrogen-bond donors (Lipinski definition) is 2. The summed E-state index contributed by atoms with van der Waals surface area (Å²) < 4.78 is 5.42. The molecule has 0 spiro atoms. The highest BCUT2D eigenvalue weighted by Crippen LogP contribution is 2.27. The van der Waals surface area contributed by atoms with E-state index in [1.807, 2.05) is 71.2 Å². The molecule has 34 heavy (non-hydrogen) atoms. The van der Waals surface area contributed by atoms with Crippen molar-refractivity contribution in [3.05, 3.63) is 35.9 Å². The predicted octanol–water partition coefficient (Wildman–Crippen LogP) is 4.92. The fourth-order valence-electron chi connectivity index (χ4n) is 3.43. The van der Waals surface area contributed by atoms with Gasteiger partial charge < -0.3 is 20.3 Å². The van der Waals surface area contributed by atoms with Crippen LogP contribution < -0.4 is 10.6 Å². The molecule has 1 rings (SSSR count). The topological polar surface area (TPSA) is 87.7 Å². The summed E-state index contributed by atoms with van der Waals surface area (Å²) in [6.45, 7) is 15.0. The van der Waals surface area contributed by atoms with Crippen molar-refractivity contribution in [3.8, 4) is 0 Å². The average Bonchev–Trinajstić information content (AvgIpc) is 2.71. The standard InChI is InChI=1S/C26H43N3O4S/c1-10-18(2)29(21(19-14-12-11-13-15-19)22(30)28-25(3,4)5)23(31)20(16-17-34-9)27-24(32)33-26(6,7)8/h11-15,18,20-21H,10,16-17H2,1-9H3,(H,27,32)(H,28,30). The van der Waals surface area contributed by atoms with Crippen LogP contribution in [-0.2, 0) is 14.3 Å². The largest absolute Gasteiger partial charge is 0.444 e. The Labute approximate surface area is 209 Å².